The number of nitrogens with zero attached hydrogens (tertiary/aromatic N) is 1. The third-order valence-corrected chi connectivity index (χ3v) is 4.58. The van der Waals surface area contributed by atoms with E-state index in [0.29, 0.717) is 17.1 Å². The molecule has 0 bridgehead atoms. The first-order valence-corrected chi connectivity index (χ1v) is 9.11. The summed E-state index contributed by atoms with van der Waals surface area (Å²) in [6, 6.07) is 10.5. The highest BCUT2D eigenvalue weighted by atomic mass is 16.5. The summed E-state index contributed by atoms with van der Waals surface area (Å²) in [6.07, 6.45) is -0.451. The molecule has 0 fully saturated rings. The minimum Gasteiger partial charge on any atom is -0.493 e. The third kappa shape index (κ3) is 3.93. The lowest BCUT2D eigenvalue weighted by Gasteiger charge is -2.27. The number of fused-ring (bicyclic) bond motifs is 1. The van der Waals surface area contributed by atoms with Crippen molar-refractivity contribution in [2.24, 2.45) is 0 Å². The number of hydrogen-bond donors (Lipinski definition) is 2. The van der Waals surface area contributed by atoms with Gasteiger partial charge in [0.05, 0.1) is 36.8 Å². The van der Waals surface area contributed by atoms with E-state index in [9.17, 15) is 14.4 Å². The van der Waals surface area contributed by atoms with E-state index >= 15 is 0 Å². The molecule has 2 N–H and O–H groups in total. The van der Waals surface area contributed by atoms with Crippen LogP contribution >= 0.6 is 0 Å². The van der Waals surface area contributed by atoms with E-state index in [1.54, 1.807) is 47.9 Å². The van der Waals surface area contributed by atoms with E-state index in [1.165, 1.54) is 7.11 Å². The van der Waals surface area contributed by atoms with Crippen molar-refractivity contribution in [3.8, 4) is 11.5 Å². The van der Waals surface area contributed by atoms with Gasteiger partial charge in [0.25, 0.3) is 11.8 Å². The van der Waals surface area contributed by atoms with Crippen LogP contribution in [0.15, 0.2) is 42.5 Å². The van der Waals surface area contributed by atoms with Gasteiger partial charge < -0.3 is 9.47 Å². The van der Waals surface area contributed by atoms with Crippen LogP contribution in [0.4, 0.5) is 0 Å². The molecule has 0 radical (unpaired) electrons. The molecule has 0 saturated heterocycles. The predicted octanol–water partition coefficient (Wildman–Crippen LogP) is 2.72. The molecule has 1 unspecified atom stereocenters. The highest BCUT2D eigenvalue weighted by Gasteiger charge is 2.41. The summed E-state index contributed by atoms with van der Waals surface area (Å²) < 4.78 is 11.1. The molecular formula is C21H22N2O6. The largest absolute Gasteiger partial charge is 0.493 e. The van der Waals surface area contributed by atoms with E-state index in [2.05, 4.69) is 0 Å². The fourth-order valence-electron chi connectivity index (χ4n) is 3.32. The maximum atomic E-state index is 12.9. The SMILES string of the molecule is COc1ccc(C(CC(=O)NO)N2C(=O)c3ccccc3C2=O)cc1OC(C)C. The highest BCUT2D eigenvalue weighted by molar-refractivity contribution is 6.21. The van der Waals surface area contributed by atoms with E-state index < -0.39 is 23.8 Å². The van der Waals surface area contributed by atoms with Crippen LogP contribution in [-0.4, -0.2) is 41.0 Å². The van der Waals surface area contributed by atoms with Crippen LogP contribution in [0, 0.1) is 0 Å². The van der Waals surface area contributed by atoms with Crippen molar-refractivity contribution in [2.45, 2.75) is 32.4 Å². The van der Waals surface area contributed by atoms with Crippen LogP contribution in [0.25, 0.3) is 0 Å². The summed E-state index contributed by atoms with van der Waals surface area (Å²) in [7, 11) is 1.50. The van der Waals surface area contributed by atoms with Gasteiger partial charge in [0.1, 0.15) is 0 Å². The molecular weight excluding hydrogens is 376 g/mol. The number of ether oxygens (including phenoxy) is 2. The van der Waals surface area contributed by atoms with Crippen LogP contribution in [0.1, 0.15) is 52.6 Å². The molecule has 3 amide bonds. The van der Waals surface area contributed by atoms with Crippen LogP contribution in [-0.2, 0) is 4.79 Å². The summed E-state index contributed by atoms with van der Waals surface area (Å²) >= 11 is 0. The predicted molar refractivity (Wildman–Crippen MR) is 103 cm³/mol. The van der Waals surface area contributed by atoms with Crippen molar-refractivity contribution < 1.29 is 29.1 Å². The Labute approximate surface area is 168 Å². The lowest BCUT2D eigenvalue weighted by atomic mass is 10.0. The van der Waals surface area contributed by atoms with Crippen molar-refractivity contribution in [2.75, 3.05) is 7.11 Å². The first kappa shape index (κ1) is 20.3. The minimum atomic E-state index is -0.935. The average Bonchev–Trinajstić information content (AvgIpc) is 2.96. The number of benzene rings is 2. The smallest absolute Gasteiger partial charge is 0.262 e. The second-order valence-corrected chi connectivity index (χ2v) is 6.86. The van der Waals surface area contributed by atoms with Crippen molar-refractivity contribution in [1.82, 2.24) is 10.4 Å². The van der Waals surface area contributed by atoms with Gasteiger partial charge >= 0.3 is 0 Å². The standard InChI is InChI=1S/C21H22N2O6/c1-12(2)29-18-10-13(8-9-17(18)28-3)16(11-19(24)22-27)23-20(25)14-6-4-5-7-15(14)21(23)26/h4-10,12,16,27H,11H2,1-3H3,(H,22,24). The Bertz CT molecular complexity index is 921. The Morgan fingerprint density at radius 2 is 1.69 bits per heavy atom. The van der Waals surface area contributed by atoms with Crippen LogP contribution < -0.4 is 15.0 Å². The minimum absolute atomic E-state index is 0.141. The van der Waals surface area contributed by atoms with E-state index in [1.807, 2.05) is 13.8 Å². The van der Waals surface area contributed by atoms with Crippen molar-refractivity contribution >= 4 is 17.7 Å². The van der Waals surface area contributed by atoms with Gasteiger partial charge in [-0.15, -0.1) is 0 Å². The number of carbonyl (C=O) groups is 3. The first-order chi connectivity index (χ1) is 13.9. The topological polar surface area (TPSA) is 105 Å². The molecule has 1 aliphatic heterocycles. The summed E-state index contributed by atoms with van der Waals surface area (Å²) in [4.78, 5) is 38.9. The van der Waals surface area contributed by atoms with Crippen molar-refractivity contribution in [3.05, 3.63) is 59.2 Å². The van der Waals surface area contributed by atoms with Crippen LogP contribution in [0.2, 0.25) is 0 Å². The number of hydroxylamine groups is 1. The normalized spacial score (nSPS) is 14.0. The molecule has 1 heterocycles. The molecule has 0 saturated carbocycles. The fraction of sp³-hybridized carbons (Fsp3) is 0.286. The molecule has 2 aromatic rings. The Kier molecular flexibility index (Phi) is 5.84. The Hall–Kier alpha value is -3.39. The van der Waals surface area contributed by atoms with Crippen LogP contribution in [0.5, 0.6) is 11.5 Å². The summed E-state index contributed by atoms with van der Waals surface area (Å²) in [5, 5.41) is 9.00. The number of carbonyl (C=O) groups excluding carboxylic acids is 3. The van der Waals surface area contributed by atoms with E-state index in [4.69, 9.17) is 14.7 Å². The number of rotatable bonds is 7. The van der Waals surface area contributed by atoms with Crippen LogP contribution in [0.3, 0.4) is 0 Å². The maximum Gasteiger partial charge on any atom is 0.262 e. The van der Waals surface area contributed by atoms with Gasteiger partial charge in [-0.2, -0.15) is 0 Å². The Morgan fingerprint density at radius 3 is 2.21 bits per heavy atom. The molecule has 8 nitrogen and oxygen atoms in total. The van der Waals surface area contributed by atoms with Crippen molar-refractivity contribution in [1.29, 1.82) is 0 Å². The zero-order valence-corrected chi connectivity index (χ0v) is 16.3. The number of nitrogens with one attached hydrogen (secondary N) is 1. The lowest BCUT2D eigenvalue weighted by Crippen LogP contribution is -2.37. The zero-order valence-electron chi connectivity index (χ0n) is 16.3. The summed E-state index contributed by atoms with van der Waals surface area (Å²) in [5.41, 5.74) is 2.62. The highest BCUT2D eigenvalue weighted by Crippen LogP contribution is 2.37. The third-order valence-electron chi connectivity index (χ3n) is 4.58. The Morgan fingerprint density at radius 1 is 1.07 bits per heavy atom. The molecule has 1 aliphatic rings. The molecule has 152 valence electrons. The molecule has 0 aliphatic carbocycles. The number of methoxy groups -OCH3 is 1. The van der Waals surface area contributed by atoms with Gasteiger partial charge in [-0.3, -0.25) is 24.5 Å². The maximum absolute atomic E-state index is 12.9. The number of imide groups is 1. The summed E-state index contributed by atoms with van der Waals surface area (Å²) in [5.74, 6) is -0.818. The molecule has 0 spiro atoms. The molecule has 3 rings (SSSR count). The first-order valence-electron chi connectivity index (χ1n) is 9.11. The molecule has 29 heavy (non-hydrogen) atoms. The Balaban J connectivity index is 2.06. The van der Waals surface area contributed by atoms with Gasteiger partial charge in [0.15, 0.2) is 11.5 Å². The van der Waals surface area contributed by atoms with Gasteiger partial charge in [-0.05, 0) is 43.7 Å². The second kappa shape index (κ2) is 8.32. The monoisotopic (exact) mass is 398 g/mol. The average molecular weight is 398 g/mol. The van der Waals surface area contributed by atoms with Gasteiger partial charge in [-0.1, -0.05) is 18.2 Å². The van der Waals surface area contributed by atoms with Gasteiger partial charge in [-0.25, -0.2) is 5.48 Å². The summed E-state index contributed by atoms with van der Waals surface area (Å²) in [6.45, 7) is 3.71. The van der Waals surface area contributed by atoms with Gasteiger partial charge in [0, 0.05) is 0 Å². The molecule has 1 atom stereocenters. The number of hydrogen-bond acceptors (Lipinski definition) is 6. The second-order valence-electron chi connectivity index (χ2n) is 6.86. The number of amides is 3. The quantitative estimate of drug-likeness (QED) is 0.422. The van der Waals surface area contributed by atoms with E-state index in [0.717, 1.165) is 4.90 Å². The fourth-order valence-corrected chi connectivity index (χ4v) is 3.32. The zero-order chi connectivity index (χ0) is 21.1. The van der Waals surface area contributed by atoms with E-state index in [-0.39, 0.29) is 23.7 Å². The molecule has 8 heteroatoms. The lowest BCUT2D eigenvalue weighted by molar-refractivity contribution is -0.130. The van der Waals surface area contributed by atoms with Crippen molar-refractivity contribution in [3.63, 3.8) is 0 Å². The molecule has 2 aromatic carbocycles. The van der Waals surface area contributed by atoms with Gasteiger partial charge in [0.2, 0.25) is 5.91 Å². The molecule has 0 aromatic heterocycles.